The number of hydrogen-bond acceptors (Lipinski definition) is 2. The Morgan fingerprint density at radius 2 is 1.86 bits per heavy atom. The quantitative estimate of drug-likeness (QED) is 0.282. The molecule has 0 aromatic rings. The van der Waals surface area contributed by atoms with Gasteiger partial charge in [-0.2, -0.15) is 0 Å². The lowest BCUT2D eigenvalue weighted by Crippen LogP contribution is -2.37. The summed E-state index contributed by atoms with van der Waals surface area (Å²) in [5.41, 5.74) is -0.872. The van der Waals surface area contributed by atoms with E-state index in [1.165, 1.54) is 6.08 Å². The van der Waals surface area contributed by atoms with Gasteiger partial charge in [0.2, 0.25) is 5.91 Å². The maximum atomic E-state index is 11.4. The summed E-state index contributed by atoms with van der Waals surface area (Å²) in [4.78, 5) is 11.4. The number of unbranched alkanes of at least 4 members (excludes halogenated alkanes) is 4. The van der Waals surface area contributed by atoms with E-state index < -0.39 is 5.60 Å². The van der Waals surface area contributed by atoms with Crippen molar-refractivity contribution in [3.8, 4) is 24.2 Å². The van der Waals surface area contributed by atoms with Crippen molar-refractivity contribution in [3.63, 3.8) is 0 Å². The van der Waals surface area contributed by atoms with E-state index in [-0.39, 0.29) is 12.5 Å². The van der Waals surface area contributed by atoms with E-state index >= 15 is 0 Å². The second-order valence-electron chi connectivity index (χ2n) is 5.69. The molecule has 0 radical (unpaired) electrons. The summed E-state index contributed by atoms with van der Waals surface area (Å²) in [5.74, 6) is 7.55. The van der Waals surface area contributed by atoms with Gasteiger partial charge in [0, 0.05) is 13.0 Å². The lowest BCUT2D eigenvalue weighted by atomic mass is 10.1. The van der Waals surface area contributed by atoms with E-state index in [9.17, 15) is 9.90 Å². The van der Waals surface area contributed by atoms with Gasteiger partial charge in [-0.3, -0.25) is 4.79 Å². The van der Waals surface area contributed by atoms with Crippen molar-refractivity contribution in [2.24, 2.45) is 0 Å². The van der Waals surface area contributed by atoms with Crippen molar-refractivity contribution in [1.29, 1.82) is 0 Å². The molecule has 0 aliphatic rings. The first-order valence-electron chi connectivity index (χ1n) is 7.71. The minimum absolute atomic E-state index is 0.155. The fourth-order valence-corrected chi connectivity index (χ4v) is 1.62. The maximum absolute atomic E-state index is 11.4. The van der Waals surface area contributed by atoms with E-state index in [0.29, 0.717) is 6.42 Å². The van der Waals surface area contributed by atoms with Crippen molar-refractivity contribution < 1.29 is 9.90 Å². The molecule has 0 heterocycles. The number of aliphatic hydroxyl groups is 1. The zero-order valence-electron chi connectivity index (χ0n) is 13.7. The summed E-state index contributed by atoms with van der Waals surface area (Å²) in [6, 6.07) is 0. The summed E-state index contributed by atoms with van der Waals surface area (Å²) >= 11 is 0. The zero-order chi connectivity index (χ0) is 16.7. The van der Waals surface area contributed by atoms with Gasteiger partial charge in [-0.05, 0) is 57.4 Å². The molecule has 0 spiro atoms. The van der Waals surface area contributed by atoms with Gasteiger partial charge in [-0.15, -0.1) is 6.42 Å². The minimum Gasteiger partial charge on any atom is -0.389 e. The van der Waals surface area contributed by atoms with Gasteiger partial charge in [0.15, 0.2) is 0 Å². The maximum Gasteiger partial charge on any atom is 0.243 e. The van der Waals surface area contributed by atoms with Gasteiger partial charge < -0.3 is 10.4 Å². The molecule has 22 heavy (non-hydrogen) atoms. The first-order valence-corrected chi connectivity index (χ1v) is 7.71. The Balaban J connectivity index is 3.51. The van der Waals surface area contributed by atoms with Crippen LogP contribution in [0.2, 0.25) is 0 Å². The van der Waals surface area contributed by atoms with Gasteiger partial charge in [-0.1, -0.05) is 30.6 Å². The Kier molecular flexibility index (Phi) is 11.6. The average molecular weight is 301 g/mol. The summed E-state index contributed by atoms with van der Waals surface area (Å²) in [6.07, 6.45) is 18.6. The fraction of sp³-hybridized carbons (Fsp3) is 0.526. The van der Waals surface area contributed by atoms with Crippen LogP contribution in [0, 0.1) is 24.2 Å². The third kappa shape index (κ3) is 16.1. The van der Waals surface area contributed by atoms with Crippen LogP contribution in [0.4, 0.5) is 0 Å². The van der Waals surface area contributed by atoms with Crippen LogP contribution in [0.5, 0.6) is 0 Å². The van der Waals surface area contributed by atoms with Crippen LogP contribution in [-0.2, 0) is 4.79 Å². The number of nitrogens with one attached hydrogen (secondary N) is 1. The third-order valence-corrected chi connectivity index (χ3v) is 2.75. The number of terminal acetylenes is 1. The molecular formula is C19H27NO2. The molecule has 1 amide bonds. The highest BCUT2D eigenvalue weighted by molar-refractivity contribution is 5.87. The summed E-state index contributed by atoms with van der Waals surface area (Å²) in [6.45, 7) is 3.58. The minimum atomic E-state index is -0.872. The molecule has 0 fully saturated rings. The molecule has 0 rings (SSSR count). The van der Waals surface area contributed by atoms with Gasteiger partial charge in [0.05, 0.1) is 5.60 Å². The molecule has 0 unspecified atom stereocenters. The molecular weight excluding hydrogens is 274 g/mol. The van der Waals surface area contributed by atoms with E-state index in [4.69, 9.17) is 6.42 Å². The number of hydrogen-bond donors (Lipinski definition) is 2. The molecule has 2 N–H and O–H groups in total. The van der Waals surface area contributed by atoms with Crippen LogP contribution in [-0.4, -0.2) is 23.2 Å². The van der Waals surface area contributed by atoms with Crippen LogP contribution in [0.1, 0.15) is 52.4 Å². The standard InChI is InChI=1S/C19H27NO2/c1-4-5-6-7-8-9-10-11-12-13-14-15-16-18(21)20-17-19(2,3)22/h1,8-9,15-16,22H,7,10-14,17H2,2-3H3,(H,20,21)/b9-8-,16-15+. The smallest absolute Gasteiger partial charge is 0.243 e. The van der Waals surface area contributed by atoms with E-state index in [1.54, 1.807) is 13.8 Å². The number of carbonyl (C=O) groups excluding carboxylic acids is 1. The van der Waals surface area contributed by atoms with Crippen LogP contribution in [0.3, 0.4) is 0 Å². The Morgan fingerprint density at radius 3 is 2.50 bits per heavy atom. The van der Waals surface area contributed by atoms with Crippen LogP contribution < -0.4 is 5.32 Å². The van der Waals surface area contributed by atoms with Gasteiger partial charge >= 0.3 is 0 Å². The lowest BCUT2D eigenvalue weighted by molar-refractivity contribution is -0.117. The van der Waals surface area contributed by atoms with E-state index in [2.05, 4.69) is 29.2 Å². The van der Waals surface area contributed by atoms with E-state index in [0.717, 1.165) is 32.1 Å². The first-order chi connectivity index (χ1) is 10.5. The molecule has 120 valence electrons. The highest BCUT2D eigenvalue weighted by Gasteiger charge is 2.12. The Labute approximate surface area is 134 Å². The first kappa shape index (κ1) is 20.0. The molecule has 0 aromatic heterocycles. The zero-order valence-corrected chi connectivity index (χ0v) is 13.7. The van der Waals surface area contributed by atoms with Crippen molar-refractivity contribution in [1.82, 2.24) is 5.32 Å². The average Bonchev–Trinajstić information content (AvgIpc) is 2.45. The van der Waals surface area contributed by atoms with E-state index in [1.807, 2.05) is 12.2 Å². The van der Waals surface area contributed by atoms with Crippen molar-refractivity contribution >= 4 is 5.91 Å². The van der Waals surface area contributed by atoms with Crippen LogP contribution in [0.15, 0.2) is 24.3 Å². The Bertz CT molecular complexity index is 464. The van der Waals surface area contributed by atoms with Crippen molar-refractivity contribution in [3.05, 3.63) is 24.3 Å². The predicted molar refractivity (Wildman–Crippen MR) is 91.9 cm³/mol. The van der Waals surface area contributed by atoms with Crippen molar-refractivity contribution in [2.75, 3.05) is 6.54 Å². The second-order valence-corrected chi connectivity index (χ2v) is 5.69. The largest absolute Gasteiger partial charge is 0.389 e. The summed E-state index contributed by atoms with van der Waals surface area (Å²) in [5, 5.41) is 12.1. The Hall–Kier alpha value is -1.97. The van der Waals surface area contributed by atoms with Crippen LogP contribution >= 0.6 is 0 Å². The SMILES string of the molecule is C#CC#CC/C=C\CCCCC/C=C/C(=O)NCC(C)(C)O. The number of amides is 1. The van der Waals surface area contributed by atoms with Gasteiger partial charge in [0.1, 0.15) is 0 Å². The Morgan fingerprint density at radius 1 is 1.18 bits per heavy atom. The molecule has 0 atom stereocenters. The molecule has 0 saturated heterocycles. The molecule has 3 nitrogen and oxygen atoms in total. The molecule has 0 bridgehead atoms. The fourth-order valence-electron chi connectivity index (χ4n) is 1.62. The summed E-state index contributed by atoms with van der Waals surface area (Å²) < 4.78 is 0. The normalized spacial score (nSPS) is 11.2. The lowest BCUT2D eigenvalue weighted by Gasteiger charge is -2.16. The topological polar surface area (TPSA) is 49.3 Å². The molecule has 0 saturated carbocycles. The number of rotatable bonds is 10. The highest BCUT2D eigenvalue weighted by atomic mass is 16.3. The molecule has 0 aromatic carbocycles. The molecule has 0 aliphatic carbocycles. The second kappa shape index (κ2) is 12.7. The number of carbonyl (C=O) groups is 1. The van der Waals surface area contributed by atoms with Gasteiger partial charge in [0.25, 0.3) is 0 Å². The monoisotopic (exact) mass is 301 g/mol. The highest BCUT2D eigenvalue weighted by Crippen LogP contribution is 2.04. The third-order valence-electron chi connectivity index (χ3n) is 2.75. The molecule has 0 aliphatic heterocycles. The van der Waals surface area contributed by atoms with Crippen molar-refractivity contribution in [2.45, 2.75) is 58.0 Å². The number of allylic oxidation sites excluding steroid dienone is 3. The predicted octanol–water partition coefficient (Wildman–Crippen LogP) is 2.96. The van der Waals surface area contributed by atoms with Crippen LogP contribution in [0.25, 0.3) is 0 Å². The summed E-state index contributed by atoms with van der Waals surface area (Å²) in [7, 11) is 0. The van der Waals surface area contributed by atoms with Gasteiger partial charge in [-0.25, -0.2) is 0 Å². The molecule has 3 heteroatoms.